The lowest BCUT2D eigenvalue weighted by molar-refractivity contribution is -0.380. The van der Waals surface area contributed by atoms with Crippen LogP contribution < -0.4 is 5.32 Å². The Bertz CT molecular complexity index is 600. The number of nitrogens with zero attached hydrogens (tertiary/aromatic N) is 1. The first kappa shape index (κ1) is 17.4. The van der Waals surface area contributed by atoms with Crippen LogP contribution in [0.4, 0.5) is 5.00 Å². The molecule has 1 fully saturated rings. The highest BCUT2D eigenvalue weighted by molar-refractivity contribution is 7.17. The highest BCUT2D eigenvalue weighted by Gasteiger charge is 2.28. The largest absolute Gasteiger partial charge is 0.451 e. The van der Waals surface area contributed by atoms with E-state index in [-0.39, 0.29) is 28.4 Å². The third kappa shape index (κ3) is 4.51. The Morgan fingerprint density at radius 2 is 2.13 bits per heavy atom. The minimum Gasteiger partial charge on any atom is -0.451 e. The maximum Gasteiger partial charge on any atom is 0.349 e. The highest BCUT2D eigenvalue weighted by Crippen LogP contribution is 2.29. The monoisotopic (exact) mass is 340 g/mol. The molecule has 1 aromatic rings. The summed E-state index contributed by atoms with van der Waals surface area (Å²) in [5.74, 6) is -0.106. The lowest BCUT2D eigenvalue weighted by Gasteiger charge is -2.34. The summed E-state index contributed by atoms with van der Waals surface area (Å²) in [7, 11) is 0. The van der Waals surface area contributed by atoms with Gasteiger partial charge in [0, 0.05) is 12.1 Å². The van der Waals surface area contributed by atoms with Crippen LogP contribution in [0.5, 0.6) is 0 Å². The van der Waals surface area contributed by atoms with E-state index >= 15 is 0 Å². The van der Waals surface area contributed by atoms with Crippen molar-refractivity contribution in [2.45, 2.75) is 39.2 Å². The fourth-order valence-corrected chi connectivity index (χ4v) is 3.49. The maximum absolute atomic E-state index is 11.9. The molecule has 23 heavy (non-hydrogen) atoms. The Hall–Kier alpha value is -1.96. The van der Waals surface area contributed by atoms with E-state index in [4.69, 9.17) is 4.74 Å². The number of rotatable bonds is 5. The number of amides is 1. The highest BCUT2D eigenvalue weighted by atomic mass is 32.1. The van der Waals surface area contributed by atoms with Crippen LogP contribution in [-0.4, -0.2) is 29.4 Å². The van der Waals surface area contributed by atoms with Crippen LogP contribution in [0.1, 0.15) is 42.8 Å². The van der Waals surface area contributed by atoms with Crippen molar-refractivity contribution in [3.8, 4) is 0 Å². The van der Waals surface area contributed by atoms with E-state index < -0.39 is 10.9 Å². The Morgan fingerprint density at radius 1 is 1.39 bits per heavy atom. The van der Waals surface area contributed by atoms with Crippen molar-refractivity contribution in [3.63, 3.8) is 0 Å². The molecule has 1 aliphatic rings. The lowest BCUT2D eigenvalue weighted by Crippen LogP contribution is -2.45. The molecule has 1 N–H and O–H groups in total. The summed E-state index contributed by atoms with van der Waals surface area (Å²) in [4.78, 5) is 33.8. The fraction of sp³-hybridized carbons (Fsp3) is 0.600. The van der Waals surface area contributed by atoms with E-state index in [2.05, 4.69) is 19.2 Å². The molecule has 1 heterocycles. The van der Waals surface area contributed by atoms with Gasteiger partial charge in [0.25, 0.3) is 5.91 Å². The number of carbonyl (C=O) groups is 2. The molecular weight excluding hydrogens is 320 g/mol. The quantitative estimate of drug-likeness (QED) is 0.505. The topological polar surface area (TPSA) is 98.5 Å². The van der Waals surface area contributed by atoms with E-state index in [9.17, 15) is 19.7 Å². The number of carbonyl (C=O) groups excluding carboxylic acids is 2. The Labute approximate surface area is 138 Å². The molecule has 1 amide bonds. The molecule has 126 valence electrons. The smallest absolute Gasteiger partial charge is 0.349 e. The SMILES string of the molecule is C[C@H]1[C@H](C)CCC[C@H]1NC(=O)COC(=O)c1ccc([N+](=O)[O-])s1. The van der Waals surface area contributed by atoms with E-state index in [1.165, 1.54) is 18.6 Å². The standard InChI is InChI=1S/C15H20N2O5S/c1-9-4-3-5-11(10(9)2)16-13(18)8-22-15(19)12-6-7-14(23-12)17(20)21/h6-7,9-11H,3-5,8H2,1-2H3,(H,16,18)/t9-,10+,11-/m1/s1. The predicted octanol–water partition coefficient (Wildman–Crippen LogP) is 2.75. The van der Waals surface area contributed by atoms with Crippen LogP contribution in [0.25, 0.3) is 0 Å². The summed E-state index contributed by atoms with van der Waals surface area (Å²) in [5.41, 5.74) is 0. The molecular formula is C15H20N2O5S. The molecule has 0 spiro atoms. The van der Waals surface area contributed by atoms with Crippen LogP contribution in [0.15, 0.2) is 12.1 Å². The third-order valence-corrected chi connectivity index (χ3v) is 5.38. The van der Waals surface area contributed by atoms with Gasteiger partial charge in [-0.3, -0.25) is 14.9 Å². The first-order valence-corrected chi connectivity index (χ1v) is 8.41. The van der Waals surface area contributed by atoms with Crippen LogP contribution in [-0.2, 0) is 9.53 Å². The second kappa shape index (κ2) is 7.54. The van der Waals surface area contributed by atoms with Gasteiger partial charge in [-0.05, 0) is 24.3 Å². The first-order valence-electron chi connectivity index (χ1n) is 7.59. The van der Waals surface area contributed by atoms with Gasteiger partial charge in [-0.2, -0.15) is 0 Å². The number of nitro groups is 1. The number of thiophene rings is 1. The van der Waals surface area contributed by atoms with Gasteiger partial charge in [0.05, 0.1) is 4.92 Å². The van der Waals surface area contributed by atoms with E-state index in [0.717, 1.165) is 24.2 Å². The maximum atomic E-state index is 11.9. The predicted molar refractivity (Wildman–Crippen MR) is 85.4 cm³/mol. The van der Waals surface area contributed by atoms with E-state index in [0.29, 0.717) is 11.8 Å². The number of ether oxygens (including phenoxy) is 1. The minimum atomic E-state index is -0.719. The molecule has 7 nitrogen and oxygen atoms in total. The number of hydrogen-bond acceptors (Lipinski definition) is 6. The minimum absolute atomic E-state index is 0.104. The summed E-state index contributed by atoms with van der Waals surface area (Å²) in [6, 6.07) is 2.67. The van der Waals surface area contributed by atoms with Crippen molar-refractivity contribution in [1.29, 1.82) is 0 Å². The molecule has 0 bridgehead atoms. The average Bonchev–Trinajstić information content (AvgIpc) is 3.00. The van der Waals surface area contributed by atoms with Gasteiger partial charge in [-0.1, -0.05) is 38.0 Å². The molecule has 0 saturated heterocycles. The van der Waals surface area contributed by atoms with E-state index in [1.54, 1.807) is 0 Å². The number of hydrogen-bond donors (Lipinski definition) is 1. The average molecular weight is 340 g/mol. The lowest BCUT2D eigenvalue weighted by atomic mass is 9.78. The van der Waals surface area contributed by atoms with Crippen LogP contribution in [0, 0.1) is 22.0 Å². The summed E-state index contributed by atoms with van der Waals surface area (Å²) in [5, 5.41) is 13.4. The second-order valence-electron chi connectivity index (χ2n) is 5.91. The molecule has 0 aliphatic heterocycles. The zero-order valence-electron chi connectivity index (χ0n) is 13.1. The third-order valence-electron chi connectivity index (χ3n) is 4.36. The molecule has 1 saturated carbocycles. The van der Waals surface area contributed by atoms with Crippen molar-refractivity contribution in [3.05, 3.63) is 27.1 Å². The normalized spacial score (nSPS) is 24.0. The van der Waals surface area contributed by atoms with Crippen molar-refractivity contribution < 1.29 is 19.2 Å². The van der Waals surface area contributed by atoms with Gasteiger partial charge in [0.15, 0.2) is 6.61 Å². The Morgan fingerprint density at radius 3 is 2.78 bits per heavy atom. The Balaban J connectivity index is 1.81. The number of esters is 1. The molecule has 0 radical (unpaired) electrons. The van der Waals surface area contributed by atoms with Crippen molar-refractivity contribution in [2.75, 3.05) is 6.61 Å². The van der Waals surface area contributed by atoms with Crippen LogP contribution in [0.2, 0.25) is 0 Å². The van der Waals surface area contributed by atoms with Crippen molar-refractivity contribution in [2.24, 2.45) is 11.8 Å². The Kier molecular flexibility index (Phi) is 5.70. The fourth-order valence-electron chi connectivity index (χ4n) is 2.77. The van der Waals surface area contributed by atoms with Crippen LogP contribution >= 0.6 is 11.3 Å². The van der Waals surface area contributed by atoms with Gasteiger partial charge >= 0.3 is 11.0 Å². The van der Waals surface area contributed by atoms with Gasteiger partial charge in [-0.25, -0.2) is 4.79 Å². The molecule has 1 aliphatic carbocycles. The zero-order chi connectivity index (χ0) is 17.0. The van der Waals surface area contributed by atoms with Crippen molar-refractivity contribution >= 4 is 28.2 Å². The summed E-state index contributed by atoms with van der Waals surface area (Å²) < 4.78 is 4.92. The molecule has 2 rings (SSSR count). The summed E-state index contributed by atoms with van der Waals surface area (Å²) in [6.07, 6.45) is 3.18. The van der Waals surface area contributed by atoms with Gasteiger partial charge in [0.1, 0.15) is 4.88 Å². The molecule has 3 atom stereocenters. The zero-order valence-corrected chi connectivity index (χ0v) is 13.9. The van der Waals surface area contributed by atoms with Gasteiger partial charge in [0.2, 0.25) is 0 Å². The summed E-state index contributed by atoms with van der Waals surface area (Å²) >= 11 is 0.732. The van der Waals surface area contributed by atoms with E-state index in [1.807, 2.05) is 0 Å². The van der Waals surface area contributed by atoms with Gasteiger partial charge in [-0.15, -0.1) is 0 Å². The number of nitrogens with one attached hydrogen (secondary N) is 1. The van der Waals surface area contributed by atoms with Crippen molar-refractivity contribution in [1.82, 2.24) is 5.32 Å². The summed E-state index contributed by atoms with van der Waals surface area (Å²) in [6.45, 7) is 3.92. The molecule has 8 heteroatoms. The first-order chi connectivity index (χ1) is 10.9. The molecule has 0 unspecified atom stereocenters. The molecule has 0 aromatic carbocycles. The van der Waals surface area contributed by atoms with Crippen LogP contribution in [0.3, 0.4) is 0 Å². The molecule has 1 aromatic heterocycles. The second-order valence-corrected chi connectivity index (χ2v) is 6.97. The van der Waals surface area contributed by atoms with Gasteiger partial charge < -0.3 is 10.1 Å².